The molecular weight excluding hydrogens is 258 g/mol. The summed E-state index contributed by atoms with van der Waals surface area (Å²) in [7, 11) is 0. The van der Waals surface area contributed by atoms with E-state index in [1.165, 1.54) is 0 Å². The lowest BCUT2D eigenvalue weighted by Crippen LogP contribution is -2.20. The van der Waals surface area contributed by atoms with Gasteiger partial charge in [-0.3, -0.25) is 4.79 Å². The molecule has 0 bridgehead atoms. The number of ketones is 1. The van der Waals surface area contributed by atoms with Crippen molar-refractivity contribution < 1.29 is 34.2 Å². The lowest BCUT2D eigenvalue weighted by Gasteiger charge is -2.01. The Morgan fingerprint density at radius 3 is 2.11 bits per heavy atom. The highest BCUT2D eigenvalue weighted by Crippen LogP contribution is 1.91. The molecular formula is C11H13NO7. The summed E-state index contributed by atoms with van der Waals surface area (Å²) >= 11 is 0. The van der Waals surface area contributed by atoms with E-state index in [9.17, 15) is 19.2 Å². The second kappa shape index (κ2) is 9.54. The molecule has 8 nitrogen and oxygen atoms in total. The third kappa shape index (κ3) is 11.8. The van der Waals surface area contributed by atoms with Crippen LogP contribution in [0.25, 0.3) is 0 Å². The summed E-state index contributed by atoms with van der Waals surface area (Å²) in [6, 6.07) is 0. The number of carboxylic acid groups (broad SMARTS) is 2. The van der Waals surface area contributed by atoms with E-state index in [0.29, 0.717) is 12.5 Å². The second-order valence-corrected chi connectivity index (χ2v) is 3.23. The second-order valence-electron chi connectivity index (χ2n) is 3.23. The summed E-state index contributed by atoms with van der Waals surface area (Å²) in [5.74, 6) is -3.71. The van der Waals surface area contributed by atoms with Crippen LogP contribution in [0.4, 0.5) is 0 Å². The van der Waals surface area contributed by atoms with Crippen molar-refractivity contribution in [3.63, 3.8) is 0 Å². The first-order valence-electron chi connectivity index (χ1n) is 5.20. The van der Waals surface area contributed by atoms with E-state index >= 15 is 0 Å². The molecule has 0 atom stereocenters. The van der Waals surface area contributed by atoms with Crippen LogP contribution in [0.2, 0.25) is 0 Å². The monoisotopic (exact) mass is 271 g/mol. The Morgan fingerprint density at radius 1 is 0.947 bits per heavy atom. The molecule has 0 spiro atoms. The number of carbonyl (C=O) groups excluding carboxylic acids is 2. The molecule has 0 aliphatic carbocycles. The highest BCUT2D eigenvalue weighted by molar-refractivity contribution is 5.95. The van der Waals surface area contributed by atoms with Gasteiger partial charge in [0.05, 0.1) is 0 Å². The zero-order chi connectivity index (χ0) is 14.7. The van der Waals surface area contributed by atoms with E-state index < -0.39 is 17.9 Å². The van der Waals surface area contributed by atoms with Crippen molar-refractivity contribution >= 4 is 23.7 Å². The van der Waals surface area contributed by atoms with E-state index in [2.05, 4.69) is 10.3 Å². The highest BCUT2D eigenvalue weighted by Gasteiger charge is 2.00. The minimum absolute atomic E-state index is 0.0965. The molecule has 0 aliphatic heterocycles. The smallest absolute Gasteiger partial charge is 0.349 e. The molecule has 0 rings (SSSR count). The van der Waals surface area contributed by atoms with Crippen LogP contribution in [0, 0.1) is 0 Å². The number of aliphatic carboxylic acids is 2. The number of nitrogens with one attached hydrogen (secondary N) is 1. The molecule has 0 saturated heterocycles. The third-order valence-corrected chi connectivity index (χ3v) is 1.65. The summed E-state index contributed by atoms with van der Waals surface area (Å²) in [5, 5.41) is 16.5. The third-order valence-electron chi connectivity index (χ3n) is 1.65. The van der Waals surface area contributed by atoms with Crippen molar-refractivity contribution in [3.05, 3.63) is 24.3 Å². The lowest BCUT2D eigenvalue weighted by atomic mass is 10.2. The SMILES string of the molecule is O=C(O)/C=C\C(=O)CCCNOC(=O)/C=C\C(=O)O. The number of hydroxylamine groups is 1. The molecule has 0 aromatic carbocycles. The van der Waals surface area contributed by atoms with Crippen molar-refractivity contribution in [3.8, 4) is 0 Å². The fourth-order valence-electron chi connectivity index (χ4n) is 0.878. The quantitative estimate of drug-likeness (QED) is 0.295. The van der Waals surface area contributed by atoms with Gasteiger partial charge in [-0.2, -0.15) is 5.48 Å². The number of hydrogen-bond donors (Lipinski definition) is 3. The van der Waals surface area contributed by atoms with Gasteiger partial charge in [-0.25, -0.2) is 14.4 Å². The summed E-state index contributed by atoms with van der Waals surface area (Å²) in [6.45, 7) is 0.180. The van der Waals surface area contributed by atoms with Crippen LogP contribution in [0.15, 0.2) is 24.3 Å². The van der Waals surface area contributed by atoms with Crippen LogP contribution in [-0.2, 0) is 24.0 Å². The van der Waals surface area contributed by atoms with Crippen molar-refractivity contribution in [2.75, 3.05) is 6.54 Å². The van der Waals surface area contributed by atoms with Gasteiger partial charge < -0.3 is 15.1 Å². The minimum Gasteiger partial charge on any atom is -0.478 e. The van der Waals surface area contributed by atoms with Gasteiger partial charge >= 0.3 is 17.9 Å². The Labute approximate surface area is 108 Å². The fourth-order valence-corrected chi connectivity index (χ4v) is 0.878. The predicted octanol–water partition coefficient (Wildman–Crippen LogP) is -0.335. The number of carbonyl (C=O) groups is 4. The van der Waals surface area contributed by atoms with Crippen molar-refractivity contribution in [1.29, 1.82) is 0 Å². The van der Waals surface area contributed by atoms with E-state index in [1.54, 1.807) is 0 Å². The predicted molar refractivity (Wildman–Crippen MR) is 61.9 cm³/mol. The van der Waals surface area contributed by atoms with Gasteiger partial charge in [0.1, 0.15) is 0 Å². The number of rotatable bonds is 9. The first-order chi connectivity index (χ1) is 8.91. The molecule has 0 aromatic heterocycles. The van der Waals surface area contributed by atoms with Crippen LogP contribution < -0.4 is 5.48 Å². The lowest BCUT2D eigenvalue weighted by molar-refractivity contribution is -0.145. The zero-order valence-electron chi connectivity index (χ0n) is 9.87. The topological polar surface area (TPSA) is 130 Å². The Kier molecular flexibility index (Phi) is 8.29. The maximum Gasteiger partial charge on any atom is 0.349 e. The van der Waals surface area contributed by atoms with Gasteiger partial charge in [-0.05, 0) is 12.5 Å². The van der Waals surface area contributed by atoms with Gasteiger partial charge in [0.2, 0.25) is 0 Å². The van der Waals surface area contributed by atoms with E-state index in [0.717, 1.165) is 18.2 Å². The van der Waals surface area contributed by atoms with Gasteiger partial charge in [0, 0.05) is 31.2 Å². The first kappa shape index (κ1) is 16.5. The average Bonchev–Trinajstić information content (AvgIpc) is 2.33. The van der Waals surface area contributed by atoms with E-state index in [-0.39, 0.29) is 18.7 Å². The molecule has 0 aliphatic rings. The van der Waals surface area contributed by atoms with Gasteiger partial charge in [0.25, 0.3) is 0 Å². The summed E-state index contributed by atoms with van der Waals surface area (Å²) in [6.07, 6.45) is 3.48. The number of carboxylic acids is 2. The van der Waals surface area contributed by atoms with Crippen LogP contribution >= 0.6 is 0 Å². The number of hydrogen-bond acceptors (Lipinski definition) is 6. The van der Waals surface area contributed by atoms with E-state index in [1.807, 2.05) is 0 Å². The van der Waals surface area contributed by atoms with Crippen LogP contribution in [0.3, 0.4) is 0 Å². The molecule has 104 valence electrons. The van der Waals surface area contributed by atoms with Gasteiger partial charge in [0.15, 0.2) is 5.78 Å². The van der Waals surface area contributed by atoms with Crippen LogP contribution in [0.1, 0.15) is 12.8 Å². The Bertz CT molecular complexity index is 373. The molecule has 19 heavy (non-hydrogen) atoms. The molecule has 0 fully saturated rings. The Hall–Kier alpha value is -2.48. The summed E-state index contributed by atoms with van der Waals surface area (Å²) in [5.41, 5.74) is 2.24. The maximum absolute atomic E-state index is 11.1. The van der Waals surface area contributed by atoms with E-state index in [4.69, 9.17) is 10.2 Å². The molecule has 0 unspecified atom stereocenters. The molecule has 8 heteroatoms. The normalized spacial score (nSPS) is 10.7. The minimum atomic E-state index is -1.27. The maximum atomic E-state index is 11.1. The van der Waals surface area contributed by atoms with Crippen molar-refractivity contribution in [2.45, 2.75) is 12.8 Å². The molecule has 0 saturated carbocycles. The zero-order valence-corrected chi connectivity index (χ0v) is 9.87. The highest BCUT2D eigenvalue weighted by atomic mass is 16.7. The van der Waals surface area contributed by atoms with Crippen molar-refractivity contribution in [1.82, 2.24) is 5.48 Å². The van der Waals surface area contributed by atoms with Gasteiger partial charge in [-0.15, -0.1) is 0 Å². The largest absolute Gasteiger partial charge is 0.478 e. The molecule has 0 amide bonds. The molecule has 0 radical (unpaired) electrons. The van der Waals surface area contributed by atoms with Crippen molar-refractivity contribution in [2.24, 2.45) is 0 Å². The molecule has 3 N–H and O–H groups in total. The van der Waals surface area contributed by atoms with Gasteiger partial charge in [-0.1, -0.05) is 0 Å². The Morgan fingerprint density at radius 2 is 1.53 bits per heavy atom. The fraction of sp³-hybridized carbons (Fsp3) is 0.273. The Balaban J connectivity index is 3.65. The summed E-state index contributed by atoms with van der Waals surface area (Å²) < 4.78 is 0. The first-order valence-corrected chi connectivity index (χ1v) is 5.20. The molecule has 0 heterocycles. The standard InChI is InChI=1S/C11H13NO7/c13-8(3-4-9(14)15)2-1-7-12-19-11(18)6-5-10(16)17/h3-6,12H,1-2,7H2,(H,14,15)(H,16,17)/b4-3-,6-5-. The average molecular weight is 271 g/mol. The molecule has 0 aromatic rings. The van der Waals surface area contributed by atoms with Crippen LogP contribution in [-0.4, -0.2) is 40.4 Å². The summed E-state index contributed by atoms with van der Waals surface area (Å²) in [4.78, 5) is 46.5. The van der Waals surface area contributed by atoms with Crippen LogP contribution in [0.5, 0.6) is 0 Å². The number of allylic oxidation sites excluding steroid dienone is 1.